The largest absolute Gasteiger partial charge is 0.463 e. The average molecular weight is 156 g/mol. The van der Waals surface area contributed by atoms with Gasteiger partial charge in [0.15, 0.2) is 0 Å². The zero-order valence-corrected chi connectivity index (χ0v) is 7.46. The highest BCUT2D eigenvalue weighted by Gasteiger charge is 1.95. The van der Waals surface area contributed by atoms with Crippen molar-refractivity contribution >= 4 is 5.97 Å². The Hall–Kier alpha value is -0.790. The summed E-state index contributed by atoms with van der Waals surface area (Å²) in [5.74, 6) is 0.215. The van der Waals surface area contributed by atoms with Crippen molar-refractivity contribution in [3.8, 4) is 0 Å². The molecule has 2 nitrogen and oxygen atoms in total. The van der Waals surface area contributed by atoms with E-state index in [1.54, 1.807) is 6.92 Å². The van der Waals surface area contributed by atoms with Crippen LogP contribution in [0.15, 0.2) is 12.2 Å². The van der Waals surface area contributed by atoms with Crippen LogP contribution in [-0.2, 0) is 9.53 Å². The summed E-state index contributed by atoms with van der Waals surface area (Å²) in [6, 6.07) is 0. The van der Waals surface area contributed by atoms with Gasteiger partial charge in [0, 0.05) is 6.08 Å². The van der Waals surface area contributed by atoms with E-state index < -0.39 is 0 Å². The molecule has 0 aromatic carbocycles. The third-order valence-electron chi connectivity index (χ3n) is 1.49. The summed E-state index contributed by atoms with van der Waals surface area (Å²) in [6.07, 6.45) is 4.42. The van der Waals surface area contributed by atoms with Crippen LogP contribution in [0.2, 0.25) is 0 Å². The van der Waals surface area contributed by atoms with Crippen LogP contribution in [0, 0.1) is 5.92 Å². The van der Waals surface area contributed by atoms with Gasteiger partial charge in [0.2, 0.25) is 0 Å². The third kappa shape index (κ3) is 5.64. The lowest BCUT2D eigenvalue weighted by Crippen LogP contribution is -1.99. The molecular formula is C9H16O2. The first-order valence-electron chi connectivity index (χ1n) is 4.05. The number of carbonyl (C=O) groups excluding carboxylic acids is 1. The Morgan fingerprint density at radius 3 is 2.64 bits per heavy atom. The molecule has 0 amide bonds. The second-order valence-electron chi connectivity index (χ2n) is 2.50. The molecule has 0 rings (SSSR count). The molecule has 0 spiro atoms. The van der Waals surface area contributed by atoms with Crippen molar-refractivity contribution in [1.82, 2.24) is 0 Å². The fourth-order valence-corrected chi connectivity index (χ4v) is 0.569. The Kier molecular flexibility index (Phi) is 5.53. The predicted molar refractivity (Wildman–Crippen MR) is 45.2 cm³/mol. The van der Waals surface area contributed by atoms with E-state index in [1.807, 2.05) is 6.08 Å². The van der Waals surface area contributed by atoms with Crippen LogP contribution in [0.4, 0.5) is 0 Å². The zero-order valence-electron chi connectivity index (χ0n) is 7.46. The van der Waals surface area contributed by atoms with Crippen LogP contribution in [0.1, 0.15) is 27.2 Å². The van der Waals surface area contributed by atoms with Gasteiger partial charge in [0.05, 0.1) is 6.61 Å². The Morgan fingerprint density at radius 1 is 1.55 bits per heavy atom. The van der Waals surface area contributed by atoms with Gasteiger partial charge in [-0.1, -0.05) is 26.3 Å². The molecule has 0 aliphatic heterocycles. The van der Waals surface area contributed by atoms with Gasteiger partial charge < -0.3 is 4.74 Å². The molecule has 1 unspecified atom stereocenters. The lowest BCUT2D eigenvalue weighted by molar-refractivity contribution is -0.137. The minimum atomic E-state index is -0.243. The molecule has 0 heterocycles. The standard InChI is InChI=1S/C9H16O2/c1-4-8(3)6-7-9(10)11-5-2/h6-8H,4-5H2,1-3H3/b7-6-. The molecule has 0 saturated heterocycles. The molecule has 0 aromatic rings. The summed E-state index contributed by atoms with van der Waals surface area (Å²) >= 11 is 0. The molecule has 11 heavy (non-hydrogen) atoms. The first-order valence-corrected chi connectivity index (χ1v) is 4.05. The van der Waals surface area contributed by atoms with Crippen LogP contribution in [-0.4, -0.2) is 12.6 Å². The molecule has 64 valence electrons. The van der Waals surface area contributed by atoms with Gasteiger partial charge in [-0.3, -0.25) is 0 Å². The zero-order chi connectivity index (χ0) is 8.69. The maximum Gasteiger partial charge on any atom is 0.330 e. The van der Waals surface area contributed by atoms with Gasteiger partial charge in [-0.15, -0.1) is 0 Å². The number of esters is 1. The van der Waals surface area contributed by atoms with E-state index in [1.165, 1.54) is 6.08 Å². The van der Waals surface area contributed by atoms with Crippen molar-refractivity contribution in [1.29, 1.82) is 0 Å². The Morgan fingerprint density at radius 2 is 2.18 bits per heavy atom. The van der Waals surface area contributed by atoms with E-state index in [2.05, 4.69) is 13.8 Å². The highest BCUT2D eigenvalue weighted by atomic mass is 16.5. The van der Waals surface area contributed by atoms with Crippen LogP contribution >= 0.6 is 0 Å². The van der Waals surface area contributed by atoms with Gasteiger partial charge in [-0.05, 0) is 12.8 Å². The number of ether oxygens (including phenoxy) is 1. The van der Waals surface area contributed by atoms with E-state index in [0.717, 1.165) is 6.42 Å². The summed E-state index contributed by atoms with van der Waals surface area (Å²) in [7, 11) is 0. The van der Waals surface area contributed by atoms with Crippen molar-refractivity contribution in [2.75, 3.05) is 6.61 Å². The maximum atomic E-state index is 10.8. The molecule has 1 atom stereocenters. The average Bonchev–Trinajstić information content (AvgIpc) is 2.01. The van der Waals surface area contributed by atoms with Crippen molar-refractivity contribution < 1.29 is 9.53 Å². The highest BCUT2D eigenvalue weighted by molar-refractivity contribution is 5.81. The minimum Gasteiger partial charge on any atom is -0.463 e. The van der Waals surface area contributed by atoms with E-state index >= 15 is 0 Å². The predicted octanol–water partition coefficient (Wildman–Crippen LogP) is 2.15. The van der Waals surface area contributed by atoms with Gasteiger partial charge >= 0.3 is 5.97 Å². The minimum absolute atomic E-state index is 0.243. The summed E-state index contributed by atoms with van der Waals surface area (Å²) < 4.78 is 4.71. The second-order valence-corrected chi connectivity index (χ2v) is 2.50. The first kappa shape index (κ1) is 10.2. The molecule has 0 N–H and O–H groups in total. The van der Waals surface area contributed by atoms with Gasteiger partial charge in [-0.2, -0.15) is 0 Å². The van der Waals surface area contributed by atoms with E-state index in [9.17, 15) is 4.79 Å². The fraction of sp³-hybridized carbons (Fsp3) is 0.667. The fourth-order valence-electron chi connectivity index (χ4n) is 0.569. The Balaban J connectivity index is 3.63. The summed E-state index contributed by atoms with van der Waals surface area (Å²) in [6.45, 7) is 6.40. The summed E-state index contributed by atoms with van der Waals surface area (Å²) in [4.78, 5) is 10.8. The van der Waals surface area contributed by atoms with Gasteiger partial charge in [0.25, 0.3) is 0 Å². The quantitative estimate of drug-likeness (QED) is 0.460. The van der Waals surface area contributed by atoms with E-state index in [0.29, 0.717) is 12.5 Å². The second kappa shape index (κ2) is 5.96. The first-order chi connectivity index (χ1) is 5.20. The van der Waals surface area contributed by atoms with Gasteiger partial charge in [0.1, 0.15) is 0 Å². The lowest BCUT2D eigenvalue weighted by Gasteiger charge is -1.99. The Labute approximate surface area is 68.2 Å². The molecule has 0 aliphatic carbocycles. The van der Waals surface area contributed by atoms with Crippen LogP contribution in [0.5, 0.6) is 0 Å². The van der Waals surface area contributed by atoms with E-state index in [4.69, 9.17) is 4.74 Å². The molecule has 0 bridgehead atoms. The molecule has 0 radical (unpaired) electrons. The number of hydrogen-bond donors (Lipinski definition) is 0. The van der Waals surface area contributed by atoms with Crippen molar-refractivity contribution in [2.45, 2.75) is 27.2 Å². The molecular weight excluding hydrogens is 140 g/mol. The van der Waals surface area contributed by atoms with Crippen molar-refractivity contribution in [2.24, 2.45) is 5.92 Å². The van der Waals surface area contributed by atoms with E-state index in [-0.39, 0.29) is 5.97 Å². The molecule has 0 aromatic heterocycles. The number of hydrogen-bond acceptors (Lipinski definition) is 2. The number of allylic oxidation sites excluding steroid dienone is 1. The lowest BCUT2D eigenvalue weighted by atomic mass is 10.1. The van der Waals surface area contributed by atoms with Crippen LogP contribution in [0.25, 0.3) is 0 Å². The molecule has 2 heteroatoms. The molecule has 0 saturated carbocycles. The maximum absolute atomic E-state index is 10.8. The smallest absolute Gasteiger partial charge is 0.330 e. The van der Waals surface area contributed by atoms with Crippen LogP contribution < -0.4 is 0 Å². The van der Waals surface area contributed by atoms with Crippen molar-refractivity contribution in [3.05, 3.63) is 12.2 Å². The normalized spacial score (nSPS) is 13.4. The molecule has 0 aliphatic rings. The number of carbonyl (C=O) groups is 1. The van der Waals surface area contributed by atoms with Crippen LogP contribution in [0.3, 0.4) is 0 Å². The topological polar surface area (TPSA) is 26.3 Å². The highest BCUT2D eigenvalue weighted by Crippen LogP contribution is 2.01. The third-order valence-corrected chi connectivity index (χ3v) is 1.49. The summed E-state index contributed by atoms with van der Waals surface area (Å²) in [5.41, 5.74) is 0. The monoisotopic (exact) mass is 156 g/mol. The molecule has 0 fully saturated rings. The SMILES string of the molecule is CCOC(=O)/C=C\C(C)CC. The number of rotatable bonds is 4. The Bertz CT molecular complexity index is 138. The summed E-state index contributed by atoms with van der Waals surface area (Å²) in [5, 5.41) is 0. The van der Waals surface area contributed by atoms with Crippen molar-refractivity contribution in [3.63, 3.8) is 0 Å². The van der Waals surface area contributed by atoms with Gasteiger partial charge in [-0.25, -0.2) is 4.79 Å².